The molecule has 3 aromatic rings. The van der Waals surface area contributed by atoms with Gasteiger partial charge in [0.2, 0.25) is 0 Å². The van der Waals surface area contributed by atoms with Gasteiger partial charge in [-0.25, -0.2) is 4.98 Å². The molecule has 0 aliphatic heterocycles. The molecule has 26 heavy (non-hydrogen) atoms. The molecule has 0 bridgehead atoms. The number of thioether (sulfide) groups is 1. The zero-order chi connectivity index (χ0) is 18.4. The average molecular weight is 369 g/mol. The summed E-state index contributed by atoms with van der Waals surface area (Å²) >= 11 is 1.72. The van der Waals surface area contributed by atoms with Gasteiger partial charge in [0.05, 0.1) is 5.69 Å². The molecule has 0 saturated heterocycles. The van der Waals surface area contributed by atoms with Gasteiger partial charge < -0.3 is 15.0 Å². The minimum Gasteiger partial charge on any atom is -0.350 e. The minimum atomic E-state index is -0.0355. The number of carbonyl (C=O) groups excluding carboxylic acids is 1. The Kier molecular flexibility index (Phi) is 6.30. The van der Waals surface area contributed by atoms with Crippen LogP contribution in [0.3, 0.4) is 0 Å². The molecule has 1 amide bonds. The van der Waals surface area contributed by atoms with Gasteiger partial charge in [0.25, 0.3) is 5.91 Å². The summed E-state index contributed by atoms with van der Waals surface area (Å²) in [5.41, 5.74) is 2.69. The quantitative estimate of drug-likeness (QED) is 0.599. The van der Waals surface area contributed by atoms with Crippen LogP contribution in [0.2, 0.25) is 0 Å². The monoisotopic (exact) mass is 368 g/mol. The molecule has 0 unspecified atom stereocenters. The van der Waals surface area contributed by atoms with Crippen LogP contribution in [-0.4, -0.2) is 34.4 Å². The Balaban J connectivity index is 1.53. The number of nitrogens with zero attached hydrogens (tertiary/aromatic N) is 2. The van der Waals surface area contributed by atoms with Gasteiger partial charge in [-0.05, 0) is 49.9 Å². The highest BCUT2D eigenvalue weighted by atomic mass is 32.2. The first-order valence-corrected chi connectivity index (χ1v) is 9.81. The molecule has 0 spiro atoms. The highest BCUT2D eigenvalue weighted by Crippen LogP contribution is 2.23. The van der Waals surface area contributed by atoms with Crippen molar-refractivity contribution in [3.63, 3.8) is 0 Å². The number of aromatic nitrogens is 2. The summed E-state index contributed by atoms with van der Waals surface area (Å²) in [5.74, 6) is 0.764. The maximum absolute atomic E-state index is 12.2. The predicted octanol–water partition coefficient (Wildman–Crippen LogP) is 3.35. The minimum absolute atomic E-state index is 0.0355. The summed E-state index contributed by atoms with van der Waals surface area (Å²) < 4.78 is 2.03. The van der Waals surface area contributed by atoms with Crippen LogP contribution < -0.4 is 10.6 Å². The first kappa shape index (κ1) is 18.5. The molecule has 136 valence electrons. The molecule has 2 aromatic heterocycles. The molecule has 2 heterocycles. The lowest BCUT2D eigenvalue weighted by atomic mass is 10.2. The van der Waals surface area contributed by atoms with Crippen LogP contribution in [-0.2, 0) is 5.75 Å². The second-order valence-electron chi connectivity index (χ2n) is 6.18. The Labute approximate surface area is 158 Å². The van der Waals surface area contributed by atoms with Gasteiger partial charge >= 0.3 is 0 Å². The molecule has 1 aromatic carbocycles. The lowest BCUT2D eigenvalue weighted by Gasteiger charge is -2.13. The molecule has 0 aliphatic carbocycles. The summed E-state index contributed by atoms with van der Waals surface area (Å²) in [7, 11) is 0. The SMILES string of the molecule is CCN[C@H](C)CNC(=O)c1ccc(SCc2cn3ccccc3n2)cc1. The van der Waals surface area contributed by atoms with E-state index in [0.29, 0.717) is 12.1 Å². The molecule has 2 N–H and O–H groups in total. The van der Waals surface area contributed by atoms with Crippen molar-refractivity contribution in [2.75, 3.05) is 13.1 Å². The van der Waals surface area contributed by atoms with E-state index in [9.17, 15) is 4.79 Å². The zero-order valence-electron chi connectivity index (χ0n) is 15.1. The normalized spacial score (nSPS) is 12.2. The van der Waals surface area contributed by atoms with Crippen LogP contribution in [0.5, 0.6) is 0 Å². The van der Waals surface area contributed by atoms with Gasteiger partial charge in [0, 0.05) is 41.2 Å². The van der Waals surface area contributed by atoms with Crippen LogP contribution in [0, 0.1) is 0 Å². The van der Waals surface area contributed by atoms with Gasteiger partial charge in [0.1, 0.15) is 5.65 Å². The Morgan fingerprint density at radius 3 is 2.77 bits per heavy atom. The van der Waals surface area contributed by atoms with E-state index in [4.69, 9.17) is 0 Å². The number of nitrogens with one attached hydrogen (secondary N) is 2. The van der Waals surface area contributed by atoms with Gasteiger partial charge in [-0.1, -0.05) is 13.0 Å². The highest BCUT2D eigenvalue weighted by molar-refractivity contribution is 7.98. The van der Waals surface area contributed by atoms with Crippen LogP contribution in [0.1, 0.15) is 29.9 Å². The first-order chi connectivity index (χ1) is 12.7. The average Bonchev–Trinajstić information content (AvgIpc) is 3.08. The molecule has 3 rings (SSSR count). The lowest BCUT2D eigenvalue weighted by molar-refractivity contribution is 0.0950. The summed E-state index contributed by atoms with van der Waals surface area (Å²) in [5, 5.41) is 6.23. The molecule has 0 fully saturated rings. The molecule has 6 heteroatoms. The zero-order valence-corrected chi connectivity index (χ0v) is 15.9. The summed E-state index contributed by atoms with van der Waals surface area (Å²) in [4.78, 5) is 17.9. The van der Waals surface area contributed by atoms with Crippen molar-refractivity contribution >= 4 is 23.3 Å². The molecular formula is C20H24N4OS. The van der Waals surface area contributed by atoms with Crippen molar-refractivity contribution in [1.29, 1.82) is 0 Å². The van der Waals surface area contributed by atoms with Crippen molar-refractivity contribution in [3.8, 4) is 0 Å². The summed E-state index contributed by atoms with van der Waals surface area (Å²) in [6, 6.07) is 14.0. The van der Waals surface area contributed by atoms with Crippen molar-refractivity contribution in [3.05, 3.63) is 66.1 Å². The number of hydrogen-bond acceptors (Lipinski definition) is 4. The number of rotatable bonds is 8. The Morgan fingerprint density at radius 1 is 1.23 bits per heavy atom. The molecule has 0 saturated carbocycles. The third-order valence-corrected chi connectivity index (χ3v) is 5.08. The number of likely N-dealkylation sites (N-methyl/N-ethyl adjacent to an activating group) is 1. The van der Waals surface area contributed by atoms with Crippen LogP contribution in [0.4, 0.5) is 0 Å². The van der Waals surface area contributed by atoms with Gasteiger partial charge in [-0.15, -0.1) is 11.8 Å². The molecule has 0 aliphatic rings. The second kappa shape index (κ2) is 8.87. The summed E-state index contributed by atoms with van der Waals surface area (Å²) in [6.07, 6.45) is 4.05. The van der Waals surface area contributed by atoms with Crippen molar-refractivity contribution in [1.82, 2.24) is 20.0 Å². The van der Waals surface area contributed by atoms with E-state index in [1.54, 1.807) is 11.8 Å². The fourth-order valence-corrected chi connectivity index (χ4v) is 3.47. The van der Waals surface area contributed by atoms with E-state index in [-0.39, 0.29) is 11.9 Å². The number of fused-ring (bicyclic) bond motifs is 1. The number of pyridine rings is 1. The number of imidazole rings is 1. The first-order valence-electron chi connectivity index (χ1n) is 8.82. The smallest absolute Gasteiger partial charge is 0.251 e. The van der Waals surface area contributed by atoms with Crippen molar-refractivity contribution in [2.45, 2.75) is 30.5 Å². The Morgan fingerprint density at radius 2 is 2.04 bits per heavy atom. The summed E-state index contributed by atoms with van der Waals surface area (Å²) in [6.45, 7) is 5.64. The van der Waals surface area contributed by atoms with E-state index in [2.05, 4.69) is 35.7 Å². The number of hydrogen-bond donors (Lipinski definition) is 2. The van der Waals surface area contributed by atoms with E-state index in [1.807, 2.05) is 53.1 Å². The topological polar surface area (TPSA) is 58.4 Å². The highest BCUT2D eigenvalue weighted by Gasteiger charge is 2.08. The third-order valence-electron chi connectivity index (χ3n) is 4.04. The van der Waals surface area contributed by atoms with E-state index >= 15 is 0 Å². The molecule has 1 atom stereocenters. The number of carbonyl (C=O) groups is 1. The van der Waals surface area contributed by atoms with Crippen molar-refractivity contribution < 1.29 is 4.79 Å². The van der Waals surface area contributed by atoms with E-state index < -0.39 is 0 Å². The van der Waals surface area contributed by atoms with E-state index in [0.717, 1.165) is 28.5 Å². The third kappa shape index (κ3) is 4.86. The molecule has 0 radical (unpaired) electrons. The van der Waals surface area contributed by atoms with Crippen LogP contribution in [0.15, 0.2) is 59.8 Å². The van der Waals surface area contributed by atoms with E-state index in [1.165, 1.54) is 0 Å². The maximum atomic E-state index is 12.2. The number of benzene rings is 1. The predicted molar refractivity (Wildman–Crippen MR) is 107 cm³/mol. The lowest BCUT2D eigenvalue weighted by Crippen LogP contribution is -2.38. The van der Waals surface area contributed by atoms with Crippen LogP contribution >= 0.6 is 11.8 Å². The number of amides is 1. The van der Waals surface area contributed by atoms with Gasteiger partial charge in [-0.3, -0.25) is 4.79 Å². The van der Waals surface area contributed by atoms with Crippen LogP contribution in [0.25, 0.3) is 5.65 Å². The fraction of sp³-hybridized carbons (Fsp3) is 0.300. The second-order valence-corrected chi connectivity index (χ2v) is 7.23. The van der Waals surface area contributed by atoms with Gasteiger partial charge in [0.15, 0.2) is 0 Å². The Hall–Kier alpha value is -2.31. The van der Waals surface area contributed by atoms with Gasteiger partial charge in [-0.2, -0.15) is 0 Å². The largest absolute Gasteiger partial charge is 0.350 e. The maximum Gasteiger partial charge on any atom is 0.251 e. The standard InChI is InChI=1S/C20H24N4OS/c1-3-21-15(2)12-22-20(25)16-7-9-18(10-8-16)26-14-17-13-24-11-5-4-6-19(24)23-17/h4-11,13,15,21H,3,12,14H2,1-2H3,(H,22,25)/t15-/m1/s1. The molecular weight excluding hydrogens is 344 g/mol. The van der Waals surface area contributed by atoms with Crippen molar-refractivity contribution in [2.24, 2.45) is 0 Å². The fourth-order valence-electron chi connectivity index (χ4n) is 2.69. The Bertz CT molecular complexity index is 827. The molecule has 5 nitrogen and oxygen atoms in total.